The fraction of sp³-hybridized carbons (Fsp3) is 0.267. The van der Waals surface area contributed by atoms with Crippen molar-refractivity contribution in [2.24, 2.45) is 0 Å². The molecule has 4 aromatic rings. The number of unbranched alkanes of at least 4 members (excludes halogenated alkanes) is 1. The highest BCUT2D eigenvalue weighted by atomic mass is 19.1. The summed E-state index contributed by atoms with van der Waals surface area (Å²) in [5.41, 5.74) is 2.63. The highest BCUT2D eigenvalue weighted by Gasteiger charge is 2.23. The fourth-order valence-corrected chi connectivity index (χ4v) is 4.35. The molecule has 39 heavy (non-hydrogen) atoms. The SMILES string of the molecule is CCCCN(CC(=O)N(CCc1c[nH]c2ccccc12)Cc1ccc(F)cc1)C(=O)Nc1ccc(F)cc1F. The highest BCUT2D eigenvalue weighted by Crippen LogP contribution is 2.20. The van der Waals surface area contributed by atoms with Gasteiger partial charge in [-0.1, -0.05) is 43.7 Å². The van der Waals surface area contributed by atoms with E-state index in [-0.39, 0.29) is 37.0 Å². The molecule has 2 N–H and O–H groups in total. The normalized spacial score (nSPS) is 11.0. The first-order chi connectivity index (χ1) is 18.8. The lowest BCUT2D eigenvalue weighted by Gasteiger charge is -2.28. The number of nitrogens with zero attached hydrogens (tertiary/aromatic N) is 2. The van der Waals surface area contributed by atoms with Gasteiger partial charge in [-0.15, -0.1) is 0 Å². The molecular formula is C30H31F3N4O2. The van der Waals surface area contributed by atoms with Crippen molar-refractivity contribution in [3.63, 3.8) is 0 Å². The number of benzene rings is 3. The molecule has 6 nitrogen and oxygen atoms in total. The second kappa shape index (κ2) is 13.0. The molecule has 1 aromatic heterocycles. The number of para-hydroxylation sites is 1. The molecule has 204 valence electrons. The molecule has 9 heteroatoms. The van der Waals surface area contributed by atoms with E-state index in [0.717, 1.165) is 40.6 Å². The molecule has 0 spiro atoms. The lowest BCUT2D eigenvalue weighted by molar-refractivity contribution is -0.132. The molecule has 0 aliphatic carbocycles. The van der Waals surface area contributed by atoms with E-state index in [9.17, 15) is 22.8 Å². The molecule has 0 aliphatic rings. The number of urea groups is 1. The predicted molar refractivity (Wildman–Crippen MR) is 146 cm³/mol. The van der Waals surface area contributed by atoms with Crippen molar-refractivity contribution in [2.75, 3.05) is 25.0 Å². The average Bonchev–Trinajstić information content (AvgIpc) is 3.34. The molecule has 0 atom stereocenters. The van der Waals surface area contributed by atoms with Crippen molar-refractivity contribution in [1.82, 2.24) is 14.8 Å². The van der Waals surface area contributed by atoms with Crippen LogP contribution in [-0.2, 0) is 17.8 Å². The maximum atomic E-state index is 14.2. The molecule has 4 rings (SSSR count). The number of rotatable bonds is 11. The Morgan fingerprint density at radius 3 is 2.38 bits per heavy atom. The van der Waals surface area contributed by atoms with E-state index in [1.807, 2.05) is 37.4 Å². The quantitative estimate of drug-likeness (QED) is 0.230. The predicted octanol–water partition coefficient (Wildman–Crippen LogP) is 6.49. The lowest BCUT2D eigenvalue weighted by atomic mass is 10.1. The second-order valence-electron chi connectivity index (χ2n) is 9.38. The number of nitrogens with one attached hydrogen (secondary N) is 2. The van der Waals surface area contributed by atoms with E-state index in [2.05, 4.69) is 10.3 Å². The number of hydrogen-bond donors (Lipinski definition) is 2. The molecule has 0 saturated heterocycles. The van der Waals surface area contributed by atoms with Gasteiger partial charge in [0.15, 0.2) is 0 Å². The van der Waals surface area contributed by atoms with Gasteiger partial charge in [-0.2, -0.15) is 0 Å². The van der Waals surface area contributed by atoms with Gasteiger partial charge in [0.1, 0.15) is 24.0 Å². The maximum Gasteiger partial charge on any atom is 0.322 e. The Bertz CT molecular complexity index is 1420. The number of aromatic nitrogens is 1. The van der Waals surface area contributed by atoms with Gasteiger partial charge in [0.05, 0.1) is 5.69 Å². The summed E-state index contributed by atoms with van der Waals surface area (Å²) in [6.07, 6.45) is 3.91. The summed E-state index contributed by atoms with van der Waals surface area (Å²) in [5.74, 6) is -2.33. The first kappa shape index (κ1) is 27.8. The number of aromatic amines is 1. The summed E-state index contributed by atoms with van der Waals surface area (Å²) in [6, 6.07) is 16.1. The van der Waals surface area contributed by atoms with Gasteiger partial charge < -0.3 is 20.1 Å². The van der Waals surface area contributed by atoms with Gasteiger partial charge in [0.25, 0.3) is 0 Å². The Kier molecular flexibility index (Phi) is 9.25. The van der Waals surface area contributed by atoms with Gasteiger partial charge in [-0.25, -0.2) is 18.0 Å². The zero-order valence-corrected chi connectivity index (χ0v) is 21.7. The van der Waals surface area contributed by atoms with Gasteiger partial charge in [0.2, 0.25) is 5.91 Å². The maximum absolute atomic E-state index is 14.2. The van der Waals surface area contributed by atoms with E-state index < -0.39 is 17.7 Å². The Morgan fingerprint density at radius 1 is 0.897 bits per heavy atom. The molecule has 0 aliphatic heterocycles. The number of anilines is 1. The Balaban J connectivity index is 1.51. The van der Waals surface area contributed by atoms with Crippen LogP contribution in [0.3, 0.4) is 0 Å². The van der Waals surface area contributed by atoms with Crippen molar-refractivity contribution in [2.45, 2.75) is 32.7 Å². The summed E-state index contributed by atoms with van der Waals surface area (Å²) in [6.45, 7) is 2.61. The van der Waals surface area contributed by atoms with Crippen LogP contribution in [0.15, 0.2) is 72.9 Å². The van der Waals surface area contributed by atoms with Crippen LogP contribution in [-0.4, -0.2) is 46.4 Å². The molecule has 0 radical (unpaired) electrons. The minimum Gasteiger partial charge on any atom is -0.361 e. The van der Waals surface area contributed by atoms with Crippen LogP contribution in [0.1, 0.15) is 30.9 Å². The van der Waals surface area contributed by atoms with Gasteiger partial charge in [-0.3, -0.25) is 4.79 Å². The van der Waals surface area contributed by atoms with Crippen LogP contribution >= 0.6 is 0 Å². The van der Waals surface area contributed by atoms with Gasteiger partial charge >= 0.3 is 6.03 Å². The van der Waals surface area contributed by atoms with E-state index in [1.165, 1.54) is 17.0 Å². The van der Waals surface area contributed by atoms with E-state index in [1.54, 1.807) is 17.0 Å². The van der Waals surface area contributed by atoms with E-state index in [0.29, 0.717) is 25.5 Å². The van der Waals surface area contributed by atoms with Gasteiger partial charge in [-0.05, 0) is 54.3 Å². The molecule has 0 unspecified atom stereocenters. The Morgan fingerprint density at radius 2 is 1.64 bits per heavy atom. The first-order valence-electron chi connectivity index (χ1n) is 12.9. The summed E-state index contributed by atoms with van der Waals surface area (Å²) in [5, 5.41) is 3.52. The zero-order chi connectivity index (χ0) is 27.8. The summed E-state index contributed by atoms with van der Waals surface area (Å²) in [4.78, 5) is 32.8. The van der Waals surface area contributed by atoms with Crippen LogP contribution in [0, 0.1) is 17.5 Å². The number of fused-ring (bicyclic) bond motifs is 1. The van der Waals surface area contributed by atoms with Crippen LogP contribution in [0.5, 0.6) is 0 Å². The zero-order valence-electron chi connectivity index (χ0n) is 21.7. The molecular weight excluding hydrogens is 505 g/mol. The summed E-state index contributed by atoms with van der Waals surface area (Å²) < 4.78 is 40.9. The minimum atomic E-state index is -0.901. The van der Waals surface area contributed by atoms with Crippen molar-refractivity contribution >= 4 is 28.5 Å². The first-order valence-corrected chi connectivity index (χ1v) is 12.9. The number of carbonyl (C=O) groups is 2. The minimum absolute atomic E-state index is 0.169. The van der Waals surface area contributed by atoms with Crippen molar-refractivity contribution in [3.8, 4) is 0 Å². The highest BCUT2D eigenvalue weighted by molar-refractivity contribution is 5.92. The largest absolute Gasteiger partial charge is 0.361 e. The average molecular weight is 537 g/mol. The van der Waals surface area contributed by atoms with Crippen LogP contribution < -0.4 is 5.32 Å². The third kappa shape index (κ3) is 7.40. The molecule has 0 saturated carbocycles. The van der Waals surface area contributed by atoms with Crippen molar-refractivity contribution in [1.29, 1.82) is 0 Å². The number of carbonyl (C=O) groups excluding carboxylic acids is 2. The number of H-pyrrole nitrogens is 1. The lowest BCUT2D eigenvalue weighted by Crippen LogP contribution is -2.45. The molecule has 3 amide bonds. The molecule has 3 aromatic carbocycles. The van der Waals surface area contributed by atoms with E-state index >= 15 is 0 Å². The van der Waals surface area contributed by atoms with E-state index in [4.69, 9.17) is 0 Å². The van der Waals surface area contributed by atoms with Crippen molar-refractivity contribution in [3.05, 3.63) is 102 Å². The van der Waals surface area contributed by atoms with Crippen molar-refractivity contribution < 1.29 is 22.8 Å². The molecule has 0 bridgehead atoms. The monoisotopic (exact) mass is 536 g/mol. The third-order valence-corrected chi connectivity index (χ3v) is 6.53. The fourth-order valence-electron chi connectivity index (χ4n) is 4.35. The number of hydrogen-bond acceptors (Lipinski definition) is 2. The van der Waals surface area contributed by atoms with Crippen LogP contribution in [0.4, 0.5) is 23.7 Å². The smallest absolute Gasteiger partial charge is 0.322 e. The van der Waals surface area contributed by atoms with Crippen LogP contribution in [0.2, 0.25) is 0 Å². The third-order valence-electron chi connectivity index (χ3n) is 6.53. The van der Waals surface area contributed by atoms with Gasteiger partial charge in [0, 0.05) is 42.8 Å². The standard InChI is InChI=1S/C30H31F3N4O2/c1-2-3-15-37(30(39)35-28-13-12-24(32)17-26(28)33)20-29(38)36(19-21-8-10-23(31)11-9-21)16-14-22-18-34-27-7-5-4-6-25(22)27/h4-13,17-18,34H,2-3,14-16,19-20H2,1H3,(H,35,39). The Labute approximate surface area is 225 Å². The summed E-state index contributed by atoms with van der Waals surface area (Å²) >= 11 is 0. The second-order valence-corrected chi connectivity index (χ2v) is 9.38. The summed E-state index contributed by atoms with van der Waals surface area (Å²) in [7, 11) is 0. The molecule has 0 fully saturated rings. The number of halogens is 3. The Hall–Kier alpha value is -4.27. The topological polar surface area (TPSA) is 68.4 Å². The molecule has 1 heterocycles. The van der Waals surface area contributed by atoms with Crippen LogP contribution in [0.25, 0.3) is 10.9 Å². The number of amides is 3.